The molecule has 0 aliphatic rings. The van der Waals surface area contributed by atoms with Crippen LogP contribution in [0.3, 0.4) is 0 Å². The maximum Gasteiger partial charge on any atom is 0.00204 e. The zero-order valence-electron chi connectivity index (χ0n) is 12.7. The molecule has 0 aliphatic carbocycles. The number of hydrogen-bond donors (Lipinski definition) is 0. The Bertz CT molecular complexity index is 140. The largest absolute Gasteiger partial charge is 0.304 e. The van der Waals surface area contributed by atoms with Crippen molar-refractivity contribution in [3.05, 3.63) is 0 Å². The van der Waals surface area contributed by atoms with Crippen molar-refractivity contribution in [2.24, 2.45) is 0 Å². The fourth-order valence-corrected chi connectivity index (χ4v) is 4.06. The zero-order valence-corrected chi connectivity index (χ0v) is 13.6. The van der Waals surface area contributed by atoms with Crippen molar-refractivity contribution in [1.82, 2.24) is 9.80 Å². The van der Waals surface area contributed by atoms with Gasteiger partial charge in [-0.05, 0) is 44.7 Å². The second kappa shape index (κ2) is 11.4. The molecule has 0 fully saturated rings. The first-order chi connectivity index (χ1) is 8.21. The molecule has 0 unspecified atom stereocenters. The molecule has 0 aromatic heterocycles. The first-order valence-corrected chi connectivity index (χ1v) is 9.28. The lowest BCUT2D eigenvalue weighted by Gasteiger charge is -2.25. The molecule has 104 valence electrons. The molecule has 0 aliphatic heterocycles. The standard InChI is InChI=1S/C14H33N2P/c1-6-15(7-2)11-13-17(10-5)14-12-16(8-3)9-4/h6-14H2,1-5H3. The summed E-state index contributed by atoms with van der Waals surface area (Å²) in [5.41, 5.74) is 0. The van der Waals surface area contributed by atoms with Crippen molar-refractivity contribution in [2.75, 3.05) is 57.8 Å². The molecule has 2 nitrogen and oxygen atoms in total. The van der Waals surface area contributed by atoms with Gasteiger partial charge in [0.05, 0.1) is 0 Å². The molecule has 0 radical (unpaired) electrons. The molecule has 0 spiro atoms. The normalized spacial score (nSPS) is 12.0. The second-order valence-electron chi connectivity index (χ2n) is 4.49. The van der Waals surface area contributed by atoms with Gasteiger partial charge in [-0.25, -0.2) is 0 Å². The van der Waals surface area contributed by atoms with Gasteiger partial charge in [-0.3, -0.25) is 0 Å². The van der Waals surface area contributed by atoms with Gasteiger partial charge in [-0.1, -0.05) is 34.6 Å². The van der Waals surface area contributed by atoms with E-state index in [-0.39, 0.29) is 7.92 Å². The van der Waals surface area contributed by atoms with Gasteiger partial charge in [-0.15, -0.1) is 7.92 Å². The molecule has 0 aromatic carbocycles. The SMILES string of the molecule is CCN(CC)CCP(CC)CCN(CC)CC. The van der Waals surface area contributed by atoms with E-state index in [1.54, 1.807) is 0 Å². The molecular formula is C14H33N2P. The van der Waals surface area contributed by atoms with Crippen molar-refractivity contribution in [2.45, 2.75) is 34.6 Å². The van der Waals surface area contributed by atoms with Gasteiger partial charge in [0, 0.05) is 13.1 Å². The predicted molar refractivity (Wildman–Crippen MR) is 82.8 cm³/mol. The Morgan fingerprint density at radius 2 is 1.00 bits per heavy atom. The third kappa shape index (κ3) is 8.13. The Balaban J connectivity index is 3.82. The molecular weight excluding hydrogens is 227 g/mol. The molecule has 0 N–H and O–H groups in total. The molecule has 0 bridgehead atoms. The second-order valence-corrected chi connectivity index (χ2v) is 7.36. The van der Waals surface area contributed by atoms with Crippen LogP contribution < -0.4 is 0 Å². The van der Waals surface area contributed by atoms with Crippen molar-refractivity contribution in [3.8, 4) is 0 Å². The Morgan fingerprint density at radius 1 is 0.647 bits per heavy atom. The van der Waals surface area contributed by atoms with E-state index in [1.165, 1.54) is 57.8 Å². The summed E-state index contributed by atoms with van der Waals surface area (Å²) in [6.07, 6.45) is 4.28. The molecule has 0 atom stereocenters. The van der Waals surface area contributed by atoms with Crippen molar-refractivity contribution >= 4 is 7.92 Å². The van der Waals surface area contributed by atoms with E-state index in [0.717, 1.165) is 0 Å². The number of nitrogens with zero attached hydrogens (tertiary/aromatic N) is 2. The topological polar surface area (TPSA) is 6.48 Å². The van der Waals surface area contributed by atoms with Crippen LogP contribution in [0.2, 0.25) is 0 Å². The van der Waals surface area contributed by atoms with Crippen LogP contribution in [0.4, 0.5) is 0 Å². The Hall–Kier alpha value is 0.350. The smallest absolute Gasteiger partial charge is 0.00204 e. The van der Waals surface area contributed by atoms with Crippen molar-refractivity contribution in [3.63, 3.8) is 0 Å². The van der Waals surface area contributed by atoms with Crippen LogP contribution in [0, 0.1) is 0 Å². The summed E-state index contributed by atoms with van der Waals surface area (Å²) in [5.74, 6) is 0. The van der Waals surface area contributed by atoms with E-state index in [2.05, 4.69) is 44.4 Å². The van der Waals surface area contributed by atoms with Crippen LogP contribution in [0.15, 0.2) is 0 Å². The van der Waals surface area contributed by atoms with E-state index < -0.39 is 0 Å². The number of rotatable bonds is 11. The van der Waals surface area contributed by atoms with E-state index >= 15 is 0 Å². The maximum absolute atomic E-state index is 2.56. The van der Waals surface area contributed by atoms with Gasteiger partial charge in [0.2, 0.25) is 0 Å². The molecule has 0 rings (SSSR count). The summed E-state index contributed by atoms with van der Waals surface area (Å²) >= 11 is 0. The summed E-state index contributed by atoms with van der Waals surface area (Å²) in [7, 11) is 0.270. The average Bonchev–Trinajstić information content (AvgIpc) is 2.38. The van der Waals surface area contributed by atoms with E-state index in [0.29, 0.717) is 0 Å². The Labute approximate surface area is 111 Å². The molecule has 0 saturated carbocycles. The molecule has 0 heterocycles. The molecule has 17 heavy (non-hydrogen) atoms. The van der Waals surface area contributed by atoms with Crippen molar-refractivity contribution in [1.29, 1.82) is 0 Å². The Morgan fingerprint density at radius 3 is 1.24 bits per heavy atom. The minimum atomic E-state index is 0.270. The van der Waals surface area contributed by atoms with E-state index in [1.807, 2.05) is 0 Å². The highest BCUT2D eigenvalue weighted by atomic mass is 31.1. The summed E-state index contributed by atoms with van der Waals surface area (Å²) in [4.78, 5) is 5.12. The lowest BCUT2D eigenvalue weighted by Crippen LogP contribution is -2.28. The first-order valence-electron chi connectivity index (χ1n) is 7.38. The minimum absolute atomic E-state index is 0.270. The van der Waals surface area contributed by atoms with Crippen LogP contribution >= 0.6 is 7.92 Å². The monoisotopic (exact) mass is 260 g/mol. The fraction of sp³-hybridized carbons (Fsp3) is 1.00. The van der Waals surface area contributed by atoms with Crippen LogP contribution in [0.25, 0.3) is 0 Å². The minimum Gasteiger partial charge on any atom is -0.304 e. The van der Waals surface area contributed by atoms with Gasteiger partial charge in [0.25, 0.3) is 0 Å². The highest BCUT2D eigenvalue weighted by molar-refractivity contribution is 7.57. The summed E-state index contributed by atoms with van der Waals surface area (Å²) < 4.78 is 0. The predicted octanol–water partition coefficient (Wildman–Crippen LogP) is 3.17. The quantitative estimate of drug-likeness (QED) is 0.526. The molecule has 3 heteroatoms. The highest BCUT2D eigenvalue weighted by Gasteiger charge is 2.09. The number of hydrogen-bond acceptors (Lipinski definition) is 2. The summed E-state index contributed by atoms with van der Waals surface area (Å²) in [6, 6.07) is 0. The first kappa shape index (κ1) is 17.4. The van der Waals surface area contributed by atoms with Crippen LogP contribution in [-0.4, -0.2) is 67.6 Å². The van der Waals surface area contributed by atoms with Gasteiger partial charge in [0.1, 0.15) is 0 Å². The molecule has 0 saturated heterocycles. The third-order valence-corrected chi connectivity index (χ3v) is 6.26. The maximum atomic E-state index is 2.56. The lowest BCUT2D eigenvalue weighted by molar-refractivity contribution is 0.319. The van der Waals surface area contributed by atoms with Gasteiger partial charge >= 0.3 is 0 Å². The highest BCUT2D eigenvalue weighted by Crippen LogP contribution is 2.34. The van der Waals surface area contributed by atoms with Gasteiger partial charge in [0.15, 0.2) is 0 Å². The van der Waals surface area contributed by atoms with Gasteiger partial charge in [-0.2, -0.15) is 0 Å². The van der Waals surface area contributed by atoms with Crippen molar-refractivity contribution < 1.29 is 0 Å². The molecule has 0 amide bonds. The Kier molecular flexibility index (Phi) is 11.7. The van der Waals surface area contributed by atoms with Gasteiger partial charge < -0.3 is 9.80 Å². The summed E-state index contributed by atoms with van der Waals surface area (Å²) in [5, 5.41) is 0. The third-order valence-electron chi connectivity index (χ3n) is 3.70. The van der Waals surface area contributed by atoms with Crippen LogP contribution in [0.1, 0.15) is 34.6 Å². The summed E-state index contributed by atoms with van der Waals surface area (Å²) in [6.45, 7) is 18.9. The van der Waals surface area contributed by atoms with Crippen LogP contribution in [-0.2, 0) is 0 Å². The zero-order chi connectivity index (χ0) is 13.1. The van der Waals surface area contributed by atoms with Crippen LogP contribution in [0.5, 0.6) is 0 Å². The fourth-order valence-electron chi connectivity index (χ4n) is 2.07. The lowest BCUT2D eigenvalue weighted by atomic mass is 10.5. The average molecular weight is 260 g/mol. The van der Waals surface area contributed by atoms with E-state index in [4.69, 9.17) is 0 Å². The molecule has 0 aromatic rings. The van der Waals surface area contributed by atoms with E-state index in [9.17, 15) is 0 Å².